The highest BCUT2D eigenvalue weighted by atomic mass is 16.6. The second kappa shape index (κ2) is 6.05. The molecule has 0 saturated heterocycles. The summed E-state index contributed by atoms with van der Waals surface area (Å²) < 4.78 is 5.20. The molecule has 0 heterocycles. The largest absolute Gasteiger partial charge is 0.487 e. The molecule has 0 fully saturated rings. The Morgan fingerprint density at radius 1 is 1.59 bits per heavy atom. The number of aliphatic hydroxyl groups excluding tert-OH is 1. The molecule has 94 valence electrons. The summed E-state index contributed by atoms with van der Waals surface area (Å²) in [6.07, 6.45) is -0.578. The van der Waals surface area contributed by atoms with E-state index in [4.69, 9.17) is 9.84 Å². The number of nitro benzene ring substituents is 1. The van der Waals surface area contributed by atoms with Crippen LogP contribution in [-0.4, -0.2) is 29.3 Å². The third kappa shape index (κ3) is 3.60. The van der Waals surface area contributed by atoms with Gasteiger partial charge < -0.3 is 15.2 Å². The van der Waals surface area contributed by atoms with Crippen LogP contribution in [0.15, 0.2) is 18.2 Å². The molecule has 1 atom stereocenters. The molecule has 0 amide bonds. The van der Waals surface area contributed by atoms with Gasteiger partial charge in [-0.3, -0.25) is 10.1 Å². The zero-order valence-corrected chi connectivity index (χ0v) is 9.84. The number of rotatable bonds is 6. The van der Waals surface area contributed by atoms with Crippen molar-refractivity contribution < 1.29 is 14.8 Å². The van der Waals surface area contributed by atoms with Crippen LogP contribution < -0.4 is 10.1 Å². The van der Waals surface area contributed by atoms with Crippen molar-refractivity contribution >= 4 is 11.4 Å². The first kappa shape index (κ1) is 13.2. The van der Waals surface area contributed by atoms with Gasteiger partial charge in [0, 0.05) is 6.54 Å². The van der Waals surface area contributed by atoms with E-state index in [1.165, 1.54) is 0 Å². The molecule has 1 aromatic rings. The highest BCUT2D eigenvalue weighted by Gasteiger charge is 2.20. The van der Waals surface area contributed by atoms with Gasteiger partial charge in [-0.1, -0.05) is 6.07 Å². The summed E-state index contributed by atoms with van der Waals surface area (Å²) in [5.74, 6) is 0.230. The minimum absolute atomic E-state index is 0.102. The number of hydrogen-bond donors (Lipinski definition) is 2. The molecule has 1 unspecified atom stereocenters. The van der Waals surface area contributed by atoms with E-state index in [1.54, 1.807) is 32.0 Å². The number of nitrogens with zero attached hydrogens (tertiary/aromatic N) is 1. The molecule has 0 aliphatic rings. The normalized spacial score (nSPS) is 11.9. The standard InChI is InChI=1S/C11H16N2O4/c1-3-17-10-6-4-5-9(11(10)13(15)16)12-7-8(2)14/h4-6,8,12,14H,3,7H2,1-2H3. The highest BCUT2D eigenvalue weighted by Crippen LogP contribution is 2.34. The van der Waals surface area contributed by atoms with Crippen LogP contribution in [0.5, 0.6) is 5.75 Å². The monoisotopic (exact) mass is 240 g/mol. The minimum Gasteiger partial charge on any atom is -0.487 e. The lowest BCUT2D eigenvalue weighted by Crippen LogP contribution is -2.16. The van der Waals surface area contributed by atoms with Gasteiger partial charge in [-0.25, -0.2) is 0 Å². The Kier molecular flexibility index (Phi) is 4.71. The van der Waals surface area contributed by atoms with Gasteiger partial charge in [0.05, 0.1) is 17.6 Å². The van der Waals surface area contributed by atoms with Gasteiger partial charge in [0.1, 0.15) is 5.69 Å². The Bertz CT molecular complexity index is 393. The summed E-state index contributed by atoms with van der Waals surface area (Å²) in [5.41, 5.74) is 0.247. The molecule has 17 heavy (non-hydrogen) atoms. The van der Waals surface area contributed by atoms with E-state index in [1.807, 2.05) is 0 Å². The molecular weight excluding hydrogens is 224 g/mol. The molecule has 6 nitrogen and oxygen atoms in total. The maximum atomic E-state index is 11.0. The molecule has 0 spiro atoms. The zero-order valence-electron chi connectivity index (χ0n) is 9.84. The van der Waals surface area contributed by atoms with Crippen LogP contribution >= 0.6 is 0 Å². The van der Waals surface area contributed by atoms with Crippen molar-refractivity contribution in [3.63, 3.8) is 0 Å². The van der Waals surface area contributed by atoms with Gasteiger partial charge in [-0.05, 0) is 26.0 Å². The van der Waals surface area contributed by atoms with E-state index in [0.29, 0.717) is 12.3 Å². The number of benzene rings is 1. The number of aliphatic hydroxyl groups is 1. The smallest absolute Gasteiger partial charge is 0.333 e. The molecule has 1 rings (SSSR count). The summed E-state index contributed by atoms with van der Waals surface area (Å²) in [5, 5.41) is 23.0. The van der Waals surface area contributed by atoms with Crippen LogP contribution in [0.25, 0.3) is 0 Å². The van der Waals surface area contributed by atoms with Crippen molar-refractivity contribution in [2.75, 3.05) is 18.5 Å². The van der Waals surface area contributed by atoms with E-state index in [9.17, 15) is 10.1 Å². The van der Waals surface area contributed by atoms with Crippen LogP contribution in [0.4, 0.5) is 11.4 Å². The highest BCUT2D eigenvalue weighted by molar-refractivity contribution is 5.68. The Balaban J connectivity index is 3.02. The van der Waals surface area contributed by atoms with Gasteiger partial charge in [-0.2, -0.15) is 0 Å². The molecule has 0 bridgehead atoms. The molecule has 0 aliphatic carbocycles. The summed E-state index contributed by atoms with van der Waals surface area (Å²) in [6, 6.07) is 4.81. The summed E-state index contributed by atoms with van der Waals surface area (Å²) in [6.45, 7) is 3.97. The van der Waals surface area contributed by atoms with Crippen LogP contribution in [0, 0.1) is 10.1 Å². The van der Waals surface area contributed by atoms with Crippen LogP contribution in [0.3, 0.4) is 0 Å². The van der Waals surface area contributed by atoms with Crippen molar-refractivity contribution in [2.45, 2.75) is 20.0 Å². The van der Waals surface area contributed by atoms with E-state index in [-0.39, 0.29) is 18.0 Å². The Morgan fingerprint density at radius 2 is 2.29 bits per heavy atom. The van der Waals surface area contributed by atoms with Gasteiger partial charge in [0.2, 0.25) is 0 Å². The predicted molar refractivity (Wildman–Crippen MR) is 64.4 cm³/mol. The average Bonchev–Trinajstić information content (AvgIpc) is 2.26. The van der Waals surface area contributed by atoms with Crippen LogP contribution in [-0.2, 0) is 0 Å². The van der Waals surface area contributed by atoms with Crippen molar-refractivity contribution in [1.82, 2.24) is 0 Å². The number of nitro groups is 1. The van der Waals surface area contributed by atoms with Gasteiger partial charge in [0.25, 0.3) is 0 Å². The molecular formula is C11H16N2O4. The molecule has 0 saturated carbocycles. The quantitative estimate of drug-likeness (QED) is 0.585. The molecule has 0 aliphatic heterocycles. The van der Waals surface area contributed by atoms with Crippen molar-refractivity contribution in [3.05, 3.63) is 28.3 Å². The fourth-order valence-corrected chi connectivity index (χ4v) is 1.38. The van der Waals surface area contributed by atoms with Gasteiger partial charge >= 0.3 is 5.69 Å². The summed E-state index contributed by atoms with van der Waals surface area (Å²) in [7, 11) is 0. The Labute approximate surface area is 99.4 Å². The Morgan fingerprint density at radius 3 is 2.82 bits per heavy atom. The third-order valence-electron chi connectivity index (χ3n) is 2.07. The average molecular weight is 240 g/mol. The number of hydrogen-bond acceptors (Lipinski definition) is 5. The van der Waals surface area contributed by atoms with E-state index in [0.717, 1.165) is 0 Å². The first-order valence-corrected chi connectivity index (χ1v) is 5.38. The van der Waals surface area contributed by atoms with Crippen LogP contribution in [0.2, 0.25) is 0 Å². The third-order valence-corrected chi connectivity index (χ3v) is 2.07. The molecule has 1 aromatic carbocycles. The number of ether oxygens (including phenoxy) is 1. The van der Waals surface area contributed by atoms with E-state index >= 15 is 0 Å². The molecule has 2 N–H and O–H groups in total. The lowest BCUT2D eigenvalue weighted by Gasteiger charge is -2.11. The molecule has 0 aromatic heterocycles. The van der Waals surface area contributed by atoms with Crippen molar-refractivity contribution in [3.8, 4) is 5.75 Å². The Hall–Kier alpha value is -1.82. The molecule has 6 heteroatoms. The predicted octanol–water partition coefficient (Wildman–Crippen LogP) is 1.79. The zero-order chi connectivity index (χ0) is 12.8. The first-order valence-electron chi connectivity index (χ1n) is 5.38. The topological polar surface area (TPSA) is 84.6 Å². The van der Waals surface area contributed by atoms with Crippen molar-refractivity contribution in [1.29, 1.82) is 0 Å². The lowest BCUT2D eigenvalue weighted by molar-refractivity contribution is -0.384. The maximum Gasteiger partial charge on any atom is 0.333 e. The minimum atomic E-state index is -0.578. The fourth-order valence-electron chi connectivity index (χ4n) is 1.38. The number of para-hydroxylation sites is 1. The molecule has 0 radical (unpaired) electrons. The summed E-state index contributed by atoms with van der Waals surface area (Å²) >= 11 is 0. The number of anilines is 1. The van der Waals surface area contributed by atoms with E-state index < -0.39 is 11.0 Å². The van der Waals surface area contributed by atoms with Gasteiger partial charge in [0.15, 0.2) is 5.75 Å². The maximum absolute atomic E-state index is 11.0. The van der Waals surface area contributed by atoms with E-state index in [2.05, 4.69) is 5.32 Å². The van der Waals surface area contributed by atoms with Crippen molar-refractivity contribution in [2.24, 2.45) is 0 Å². The van der Waals surface area contributed by atoms with Crippen LogP contribution in [0.1, 0.15) is 13.8 Å². The summed E-state index contributed by atoms with van der Waals surface area (Å²) in [4.78, 5) is 10.5. The second-order valence-corrected chi connectivity index (χ2v) is 3.57. The lowest BCUT2D eigenvalue weighted by atomic mass is 10.2. The van der Waals surface area contributed by atoms with Gasteiger partial charge in [-0.15, -0.1) is 0 Å². The second-order valence-electron chi connectivity index (χ2n) is 3.57. The fraction of sp³-hybridized carbons (Fsp3) is 0.455. The number of nitrogens with one attached hydrogen (secondary N) is 1. The first-order chi connectivity index (χ1) is 8.06. The SMILES string of the molecule is CCOc1cccc(NCC(C)O)c1[N+](=O)[O-].